The molecule has 2 rings (SSSR count). The van der Waals surface area contributed by atoms with Crippen LogP contribution in [0.4, 0.5) is 5.69 Å². The molecule has 0 bridgehead atoms. The van der Waals surface area contributed by atoms with Crippen molar-refractivity contribution in [2.24, 2.45) is 5.10 Å². The van der Waals surface area contributed by atoms with Gasteiger partial charge in [0.2, 0.25) is 5.75 Å². The second-order valence-electron chi connectivity index (χ2n) is 4.45. The molecule has 0 aliphatic heterocycles. The predicted octanol–water partition coefficient (Wildman–Crippen LogP) is 3.08. The Hall–Kier alpha value is -2.84. The summed E-state index contributed by atoms with van der Waals surface area (Å²) in [5.74, 6) is -1.86. The van der Waals surface area contributed by atoms with Gasteiger partial charge < -0.3 is 10.2 Å². The second-order valence-corrected chi connectivity index (χ2v) is 5.30. The average molecular weight is 370 g/mol. The van der Waals surface area contributed by atoms with Gasteiger partial charge in [0.15, 0.2) is 0 Å². The number of halogens is 2. The highest BCUT2D eigenvalue weighted by Gasteiger charge is 2.16. The number of amides is 1. The summed E-state index contributed by atoms with van der Waals surface area (Å²) >= 11 is 11.5. The Kier molecular flexibility index (Phi) is 5.22. The fourth-order valence-electron chi connectivity index (χ4n) is 1.76. The van der Waals surface area contributed by atoms with Crippen LogP contribution in [0.2, 0.25) is 10.0 Å². The molecule has 0 aromatic heterocycles. The van der Waals surface area contributed by atoms with Crippen LogP contribution in [0, 0.1) is 10.1 Å². The molecule has 24 heavy (non-hydrogen) atoms. The standard InChI is InChI=1S/C14H9Cl2N3O5/c15-8-4-9(13(21)10(16)5-8)14(22)18-17-6-7-2-1-3-11(12(7)20)19(23)24/h1-6,20-21H,(H,18,22)/b17-6-. The first-order valence-electron chi connectivity index (χ1n) is 6.29. The number of carbonyl (C=O) groups excluding carboxylic acids is 1. The van der Waals surface area contributed by atoms with Gasteiger partial charge in [-0.05, 0) is 18.2 Å². The Bertz CT molecular complexity index is 855. The topological polar surface area (TPSA) is 125 Å². The van der Waals surface area contributed by atoms with E-state index in [2.05, 4.69) is 10.5 Å². The van der Waals surface area contributed by atoms with Gasteiger partial charge in [-0.2, -0.15) is 5.10 Å². The molecule has 0 radical (unpaired) electrons. The number of nitrogens with one attached hydrogen (secondary N) is 1. The van der Waals surface area contributed by atoms with Crippen LogP contribution in [0.25, 0.3) is 0 Å². The molecule has 0 saturated heterocycles. The number of phenols is 2. The molecule has 0 saturated carbocycles. The van der Waals surface area contributed by atoms with Gasteiger partial charge in [0.05, 0.1) is 21.7 Å². The van der Waals surface area contributed by atoms with Crippen molar-refractivity contribution in [3.8, 4) is 11.5 Å². The normalized spacial score (nSPS) is 10.8. The third-order valence-electron chi connectivity index (χ3n) is 2.89. The molecule has 0 atom stereocenters. The predicted molar refractivity (Wildman–Crippen MR) is 87.9 cm³/mol. The monoisotopic (exact) mass is 369 g/mol. The van der Waals surface area contributed by atoms with Gasteiger partial charge in [-0.1, -0.05) is 29.3 Å². The van der Waals surface area contributed by atoms with Crippen LogP contribution < -0.4 is 5.43 Å². The number of hydrazone groups is 1. The highest BCUT2D eigenvalue weighted by atomic mass is 35.5. The molecule has 1 amide bonds. The van der Waals surface area contributed by atoms with Crippen molar-refractivity contribution in [3.63, 3.8) is 0 Å². The summed E-state index contributed by atoms with van der Waals surface area (Å²) in [6.45, 7) is 0. The number of phenolic OH excluding ortho intramolecular Hbond substituents is 2. The lowest BCUT2D eigenvalue weighted by Crippen LogP contribution is -2.17. The van der Waals surface area contributed by atoms with E-state index in [1.807, 2.05) is 0 Å². The van der Waals surface area contributed by atoms with E-state index in [0.717, 1.165) is 12.3 Å². The number of hydrogen-bond acceptors (Lipinski definition) is 6. The van der Waals surface area contributed by atoms with Crippen molar-refractivity contribution in [2.75, 3.05) is 0 Å². The van der Waals surface area contributed by atoms with Crippen LogP contribution in [0.15, 0.2) is 35.4 Å². The molecule has 0 unspecified atom stereocenters. The number of carbonyl (C=O) groups is 1. The number of nitro groups is 1. The molecule has 0 fully saturated rings. The summed E-state index contributed by atoms with van der Waals surface area (Å²) in [6.07, 6.45) is 1.02. The van der Waals surface area contributed by atoms with Gasteiger partial charge >= 0.3 is 5.69 Å². The summed E-state index contributed by atoms with van der Waals surface area (Å²) in [5, 5.41) is 33.8. The third-order valence-corrected chi connectivity index (χ3v) is 3.39. The van der Waals surface area contributed by atoms with Crippen molar-refractivity contribution < 1.29 is 19.9 Å². The van der Waals surface area contributed by atoms with Gasteiger partial charge in [-0.3, -0.25) is 14.9 Å². The summed E-state index contributed by atoms with van der Waals surface area (Å²) in [7, 11) is 0. The molecule has 3 N–H and O–H groups in total. The van der Waals surface area contributed by atoms with Crippen molar-refractivity contribution >= 4 is 41.0 Å². The summed E-state index contributed by atoms with van der Waals surface area (Å²) in [6, 6.07) is 6.30. The number of aromatic hydroxyl groups is 2. The zero-order valence-corrected chi connectivity index (χ0v) is 13.2. The second kappa shape index (κ2) is 7.16. The van der Waals surface area contributed by atoms with E-state index in [1.54, 1.807) is 0 Å². The Morgan fingerprint density at radius 1 is 1.25 bits per heavy atom. The fourth-order valence-corrected chi connectivity index (χ4v) is 2.25. The van der Waals surface area contributed by atoms with Crippen LogP contribution in [0.5, 0.6) is 11.5 Å². The first kappa shape index (κ1) is 17.5. The molecular weight excluding hydrogens is 361 g/mol. The minimum atomic E-state index is -0.807. The minimum Gasteiger partial charge on any atom is -0.506 e. The number of benzene rings is 2. The molecule has 0 spiro atoms. The summed E-state index contributed by atoms with van der Waals surface area (Å²) in [5.41, 5.74) is 1.42. The van der Waals surface area contributed by atoms with E-state index in [0.29, 0.717) is 0 Å². The van der Waals surface area contributed by atoms with Crippen molar-refractivity contribution in [3.05, 3.63) is 61.6 Å². The van der Waals surface area contributed by atoms with E-state index in [-0.39, 0.29) is 21.2 Å². The van der Waals surface area contributed by atoms with E-state index in [9.17, 15) is 25.1 Å². The maximum atomic E-state index is 11.9. The lowest BCUT2D eigenvalue weighted by atomic mass is 10.2. The van der Waals surface area contributed by atoms with E-state index >= 15 is 0 Å². The van der Waals surface area contributed by atoms with Gasteiger partial charge in [0, 0.05) is 16.7 Å². The molecule has 2 aromatic carbocycles. The number of hydrogen-bond donors (Lipinski definition) is 3. The van der Waals surface area contributed by atoms with Crippen LogP contribution in [0.3, 0.4) is 0 Å². The van der Waals surface area contributed by atoms with Crippen molar-refractivity contribution in [1.82, 2.24) is 5.43 Å². The number of para-hydroxylation sites is 1. The molecular formula is C14H9Cl2N3O5. The molecule has 124 valence electrons. The lowest BCUT2D eigenvalue weighted by Gasteiger charge is -2.05. The number of nitro benzene ring substituents is 1. The van der Waals surface area contributed by atoms with E-state index < -0.39 is 28.0 Å². The zero-order chi connectivity index (χ0) is 17.9. The molecule has 0 aliphatic rings. The smallest absolute Gasteiger partial charge is 0.311 e. The van der Waals surface area contributed by atoms with Crippen LogP contribution in [-0.4, -0.2) is 27.3 Å². The minimum absolute atomic E-state index is 0.0258. The maximum absolute atomic E-state index is 11.9. The molecule has 2 aromatic rings. The Morgan fingerprint density at radius 2 is 1.96 bits per heavy atom. The van der Waals surface area contributed by atoms with Gasteiger partial charge in [-0.25, -0.2) is 5.43 Å². The molecule has 0 heterocycles. The summed E-state index contributed by atoms with van der Waals surface area (Å²) in [4.78, 5) is 21.9. The Balaban J connectivity index is 2.20. The van der Waals surface area contributed by atoms with Crippen LogP contribution in [-0.2, 0) is 0 Å². The SMILES string of the molecule is O=C(N/N=C\c1cccc([N+](=O)[O-])c1O)c1cc(Cl)cc(Cl)c1O. The molecule has 10 heteroatoms. The van der Waals surface area contributed by atoms with Gasteiger partial charge in [-0.15, -0.1) is 0 Å². The van der Waals surface area contributed by atoms with E-state index in [1.165, 1.54) is 24.3 Å². The average Bonchev–Trinajstić information content (AvgIpc) is 2.52. The van der Waals surface area contributed by atoms with E-state index in [4.69, 9.17) is 23.2 Å². The van der Waals surface area contributed by atoms with Gasteiger partial charge in [0.25, 0.3) is 5.91 Å². The maximum Gasteiger partial charge on any atom is 0.311 e. The van der Waals surface area contributed by atoms with Crippen molar-refractivity contribution in [2.45, 2.75) is 0 Å². The third kappa shape index (κ3) is 3.73. The first-order valence-corrected chi connectivity index (χ1v) is 7.04. The molecule has 8 nitrogen and oxygen atoms in total. The Morgan fingerprint density at radius 3 is 2.62 bits per heavy atom. The quantitative estimate of drug-likeness (QED) is 0.433. The van der Waals surface area contributed by atoms with Gasteiger partial charge in [0.1, 0.15) is 5.75 Å². The fraction of sp³-hybridized carbons (Fsp3) is 0. The number of rotatable bonds is 4. The number of nitrogens with zero attached hydrogens (tertiary/aromatic N) is 2. The zero-order valence-electron chi connectivity index (χ0n) is 11.7. The first-order chi connectivity index (χ1) is 11.3. The summed E-state index contributed by atoms with van der Waals surface area (Å²) < 4.78 is 0. The molecule has 0 aliphatic carbocycles. The highest BCUT2D eigenvalue weighted by Crippen LogP contribution is 2.31. The largest absolute Gasteiger partial charge is 0.506 e. The van der Waals surface area contributed by atoms with Crippen molar-refractivity contribution in [1.29, 1.82) is 0 Å². The lowest BCUT2D eigenvalue weighted by molar-refractivity contribution is -0.385. The highest BCUT2D eigenvalue weighted by molar-refractivity contribution is 6.36. The Labute approximate surface area is 145 Å². The van der Waals surface area contributed by atoms with Crippen LogP contribution in [0.1, 0.15) is 15.9 Å². The van der Waals surface area contributed by atoms with Crippen LogP contribution >= 0.6 is 23.2 Å².